The van der Waals surface area contributed by atoms with Crippen molar-refractivity contribution in [2.75, 3.05) is 13.1 Å². The van der Waals surface area contributed by atoms with E-state index in [9.17, 15) is 22.8 Å². The molecule has 120 valence electrons. The molecule has 0 aromatic carbocycles. The number of amides is 1. The molecule has 0 radical (unpaired) electrons. The van der Waals surface area contributed by atoms with Gasteiger partial charge >= 0.3 is 12.1 Å². The molecule has 1 saturated heterocycles. The molecule has 1 N–H and O–H groups in total. The van der Waals surface area contributed by atoms with Crippen LogP contribution in [0.2, 0.25) is 0 Å². The van der Waals surface area contributed by atoms with Crippen LogP contribution in [0.1, 0.15) is 38.5 Å². The van der Waals surface area contributed by atoms with Crippen LogP contribution in [0.4, 0.5) is 13.2 Å². The van der Waals surface area contributed by atoms with Crippen molar-refractivity contribution in [2.24, 2.45) is 17.8 Å². The topological polar surface area (TPSA) is 57.6 Å². The minimum Gasteiger partial charge on any atom is -0.481 e. The summed E-state index contributed by atoms with van der Waals surface area (Å²) in [6, 6.07) is 0. The van der Waals surface area contributed by atoms with E-state index in [1.54, 1.807) is 0 Å². The van der Waals surface area contributed by atoms with Gasteiger partial charge in [0.05, 0.1) is 11.8 Å². The monoisotopic (exact) mass is 307 g/mol. The predicted octanol–water partition coefficient (Wildman–Crippen LogP) is 2.68. The summed E-state index contributed by atoms with van der Waals surface area (Å²) in [4.78, 5) is 24.5. The lowest BCUT2D eigenvalue weighted by atomic mass is 9.80. The Morgan fingerprint density at radius 3 is 2.19 bits per heavy atom. The van der Waals surface area contributed by atoms with Crippen molar-refractivity contribution in [1.29, 1.82) is 0 Å². The second kappa shape index (κ2) is 6.23. The number of alkyl halides is 3. The van der Waals surface area contributed by atoms with Crippen LogP contribution in [0.25, 0.3) is 0 Å². The molecule has 1 unspecified atom stereocenters. The molecule has 2 aliphatic rings. The van der Waals surface area contributed by atoms with E-state index < -0.39 is 24.0 Å². The molecule has 1 aliphatic heterocycles. The van der Waals surface area contributed by atoms with Crippen molar-refractivity contribution in [2.45, 2.75) is 44.7 Å². The summed E-state index contributed by atoms with van der Waals surface area (Å²) in [7, 11) is 0. The summed E-state index contributed by atoms with van der Waals surface area (Å²) in [5.74, 6) is -2.74. The first-order chi connectivity index (χ1) is 9.77. The summed E-state index contributed by atoms with van der Waals surface area (Å²) < 4.78 is 37.7. The molecule has 21 heavy (non-hydrogen) atoms. The Balaban J connectivity index is 1.76. The van der Waals surface area contributed by atoms with Crippen LogP contribution in [0.3, 0.4) is 0 Å². The number of nitrogens with zero attached hydrogens (tertiary/aromatic N) is 1. The quantitative estimate of drug-likeness (QED) is 0.872. The first kappa shape index (κ1) is 16.1. The van der Waals surface area contributed by atoms with Crippen LogP contribution in [-0.2, 0) is 9.59 Å². The van der Waals surface area contributed by atoms with E-state index in [0.717, 1.165) is 0 Å². The number of hydrogen-bond acceptors (Lipinski definition) is 2. The number of aliphatic carboxylic acids is 1. The normalized spacial score (nSPS) is 30.4. The van der Waals surface area contributed by atoms with Crippen LogP contribution >= 0.6 is 0 Å². The zero-order valence-electron chi connectivity index (χ0n) is 11.7. The number of carboxylic acids is 1. The maximum Gasteiger partial charge on any atom is 0.391 e. The van der Waals surface area contributed by atoms with Crippen LogP contribution in [0.5, 0.6) is 0 Å². The largest absolute Gasteiger partial charge is 0.481 e. The Morgan fingerprint density at radius 2 is 1.71 bits per heavy atom. The lowest BCUT2D eigenvalue weighted by Crippen LogP contribution is -2.33. The third-order valence-corrected chi connectivity index (χ3v) is 4.66. The number of hydrogen-bond donors (Lipinski definition) is 1. The molecule has 0 spiro atoms. The van der Waals surface area contributed by atoms with Gasteiger partial charge in [-0.2, -0.15) is 13.2 Å². The minimum absolute atomic E-state index is 0.0000203. The van der Waals surface area contributed by atoms with Gasteiger partial charge < -0.3 is 10.0 Å². The minimum atomic E-state index is -4.13. The number of likely N-dealkylation sites (tertiary alicyclic amines) is 1. The van der Waals surface area contributed by atoms with E-state index in [0.29, 0.717) is 25.8 Å². The SMILES string of the molecule is O=C(O)C1CCN(C(=O)CC2CCC(C(F)(F)F)CC2)C1. The summed E-state index contributed by atoms with van der Waals surface area (Å²) >= 11 is 0. The molecule has 7 heteroatoms. The lowest BCUT2D eigenvalue weighted by molar-refractivity contribution is -0.184. The molecule has 1 amide bonds. The summed E-state index contributed by atoms with van der Waals surface area (Å²) in [5, 5.41) is 8.90. The maximum atomic E-state index is 12.6. The van der Waals surface area contributed by atoms with Crippen LogP contribution < -0.4 is 0 Å². The maximum absolute atomic E-state index is 12.6. The molecule has 2 fully saturated rings. The van der Waals surface area contributed by atoms with Gasteiger partial charge in [0.15, 0.2) is 0 Å². The van der Waals surface area contributed by atoms with Gasteiger partial charge in [-0.05, 0) is 38.0 Å². The summed E-state index contributed by atoms with van der Waals surface area (Å²) in [6.45, 7) is 0.666. The van der Waals surface area contributed by atoms with Gasteiger partial charge in [0.25, 0.3) is 0 Å². The fourth-order valence-corrected chi connectivity index (χ4v) is 3.26. The molecule has 0 bridgehead atoms. The smallest absolute Gasteiger partial charge is 0.391 e. The molecule has 2 rings (SSSR count). The molecular weight excluding hydrogens is 287 g/mol. The molecule has 1 aliphatic carbocycles. The van der Waals surface area contributed by atoms with Gasteiger partial charge in [-0.25, -0.2) is 0 Å². The van der Waals surface area contributed by atoms with Crippen molar-refractivity contribution < 1.29 is 27.9 Å². The lowest BCUT2D eigenvalue weighted by Gasteiger charge is -2.30. The standard InChI is InChI=1S/C14H20F3NO3/c15-14(16,17)11-3-1-9(2-4-11)7-12(19)18-6-5-10(8-18)13(20)21/h9-11H,1-8H2,(H,20,21). The zero-order chi connectivity index (χ0) is 15.6. The van der Waals surface area contributed by atoms with E-state index in [-0.39, 0.29) is 37.6 Å². The fourth-order valence-electron chi connectivity index (χ4n) is 3.26. The van der Waals surface area contributed by atoms with E-state index in [1.165, 1.54) is 4.90 Å². The number of halogens is 3. The molecule has 0 aromatic rings. The highest BCUT2D eigenvalue weighted by molar-refractivity contribution is 5.78. The van der Waals surface area contributed by atoms with E-state index in [2.05, 4.69) is 0 Å². The van der Waals surface area contributed by atoms with Crippen LogP contribution in [0, 0.1) is 17.8 Å². The van der Waals surface area contributed by atoms with Gasteiger partial charge in [-0.3, -0.25) is 9.59 Å². The Morgan fingerprint density at radius 1 is 1.10 bits per heavy atom. The van der Waals surface area contributed by atoms with E-state index in [4.69, 9.17) is 5.11 Å². The first-order valence-electron chi connectivity index (χ1n) is 7.34. The van der Waals surface area contributed by atoms with Crippen molar-refractivity contribution in [1.82, 2.24) is 4.90 Å². The molecule has 1 saturated carbocycles. The Labute approximate surface area is 121 Å². The molecular formula is C14H20F3NO3. The molecule has 4 nitrogen and oxygen atoms in total. The highest BCUT2D eigenvalue weighted by Crippen LogP contribution is 2.40. The van der Waals surface area contributed by atoms with E-state index >= 15 is 0 Å². The van der Waals surface area contributed by atoms with Crippen molar-refractivity contribution in [3.8, 4) is 0 Å². The first-order valence-corrected chi connectivity index (χ1v) is 7.34. The number of carboxylic acid groups (broad SMARTS) is 1. The average molecular weight is 307 g/mol. The van der Waals surface area contributed by atoms with E-state index in [1.807, 2.05) is 0 Å². The summed E-state index contributed by atoms with van der Waals surface area (Å²) in [5.41, 5.74) is 0. The molecule has 1 atom stereocenters. The number of carbonyl (C=O) groups is 2. The number of rotatable bonds is 3. The van der Waals surface area contributed by atoms with Gasteiger partial charge in [-0.15, -0.1) is 0 Å². The van der Waals surface area contributed by atoms with Crippen LogP contribution in [-0.4, -0.2) is 41.1 Å². The van der Waals surface area contributed by atoms with Gasteiger partial charge in [0, 0.05) is 19.5 Å². The highest BCUT2D eigenvalue weighted by atomic mass is 19.4. The van der Waals surface area contributed by atoms with Gasteiger partial charge in [-0.1, -0.05) is 0 Å². The number of carbonyl (C=O) groups excluding carboxylic acids is 1. The fraction of sp³-hybridized carbons (Fsp3) is 0.857. The van der Waals surface area contributed by atoms with Crippen molar-refractivity contribution in [3.05, 3.63) is 0 Å². The average Bonchev–Trinajstić information content (AvgIpc) is 2.88. The predicted molar refractivity (Wildman–Crippen MR) is 68.4 cm³/mol. The van der Waals surface area contributed by atoms with Crippen molar-refractivity contribution in [3.63, 3.8) is 0 Å². The Bertz CT molecular complexity index is 403. The zero-order valence-corrected chi connectivity index (χ0v) is 11.7. The second-order valence-electron chi connectivity index (χ2n) is 6.13. The highest BCUT2D eigenvalue weighted by Gasteiger charge is 2.42. The summed E-state index contributed by atoms with van der Waals surface area (Å²) in [6.07, 6.45) is -2.38. The molecule has 0 aromatic heterocycles. The molecule has 1 heterocycles. The van der Waals surface area contributed by atoms with Gasteiger partial charge in [0.2, 0.25) is 5.91 Å². The Kier molecular flexibility index (Phi) is 4.78. The third kappa shape index (κ3) is 4.11. The second-order valence-corrected chi connectivity index (χ2v) is 6.13. The third-order valence-electron chi connectivity index (χ3n) is 4.66. The Hall–Kier alpha value is -1.27. The van der Waals surface area contributed by atoms with Crippen molar-refractivity contribution >= 4 is 11.9 Å². The van der Waals surface area contributed by atoms with Crippen LogP contribution in [0.15, 0.2) is 0 Å². The van der Waals surface area contributed by atoms with Gasteiger partial charge in [0.1, 0.15) is 0 Å².